The Bertz CT molecular complexity index is 537. The van der Waals surface area contributed by atoms with Gasteiger partial charge >= 0.3 is 0 Å². The van der Waals surface area contributed by atoms with Crippen molar-refractivity contribution in [3.63, 3.8) is 0 Å². The average Bonchev–Trinajstić information content (AvgIpc) is 2.32. The first-order valence-electron chi connectivity index (χ1n) is 5.40. The summed E-state index contributed by atoms with van der Waals surface area (Å²) >= 11 is 18.2. The molecule has 1 unspecified atom stereocenters. The molecule has 0 saturated heterocycles. The Morgan fingerprint density at radius 2 is 1.67 bits per heavy atom. The summed E-state index contributed by atoms with van der Waals surface area (Å²) in [5, 5.41) is 0.860. The molecule has 0 N–H and O–H groups in total. The van der Waals surface area contributed by atoms with Crippen LogP contribution >= 0.6 is 34.8 Å². The standard InChI is InChI=1S/C14H10Cl3F/c15-10-3-6-12(14(17)8-10)13(16)7-9-1-4-11(18)5-2-9/h1-6,8,13H,7H2. The quantitative estimate of drug-likeness (QED) is 0.642. The Balaban J connectivity index is 2.16. The third-order valence-corrected chi connectivity index (χ3v) is 3.58. The van der Waals surface area contributed by atoms with E-state index in [1.54, 1.807) is 24.3 Å². The number of halogens is 4. The topological polar surface area (TPSA) is 0 Å². The average molecular weight is 304 g/mol. The fraction of sp³-hybridized carbons (Fsp3) is 0.143. The second kappa shape index (κ2) is 5.92. The molecule has 1 atom stereocenters. The fourth-order valence-corrected chi connectivity index (χ4v) is 2.66. The zero-order valence-electron chi connectivity index (χ0n) is 9.34. The molecule has 0 aliphatic carbocycles. The van der Waals surface area contributed by atoms with Gasteiger partial charge in [-0.3, -0.25) is 0 Å². The fourth-order valence-electron chi connectivity index (χ4n) is 1.69. The minimum absolute atomic E-state index is 0.255. The summed E-state index contributed by atoms with van der Waals surface area (Å²) in [6.45, 7) is 0. The van der Waals surface area contributed by atoms with Crippen molar-refractivity contribution in [3.8, 4) is 0 Å². The highest BCUT2D eigenvalue weighted by Crippen LogP contribution is 2.32. The highest BCUT2D eigenvalue weighted by atomic mass is 35.5. The van der Waals surface area contributed by atoms with E-state index < -0.39 is 0 Å². The van der Waals surface area contributed by atoms with Crippen LogP contribution in [0.15, 0.2) is 42.5 Å². The first-order valence-corrected chi connectivity index (χ1v) is 6.59. The van der Waals surface area contributed by atoms with Gasteiger partial charge in [-0.15, -0.1) is 11.6 Å². The van der Waals surface area contributed by atoms with Crippen molar-refractivity contribution < 1.29 is 4.39 Å². The van der Waals surface area contributed by atoms with Crippen molar-refractivity contribution in [2.75, 3.05) is 0 Å². The molecule has 0 fully saturated rings. The van der Waals surface area contributed by atoms with Gasteiger partial charge in [-0.2, -0.15) is 0 Å². The van der Waals surface area contributed by atoms with Crippen LogP contribution in [-0.4, -0.2) is 0 Å². The molecule has 2 aromatic rings. The maximum Gasteiger partial charge on any atom is 0.123 e. The van der Waals surface area contributed by atoms with Crippen LogP contribution in [0.5, 0.6) is 0 Å². The van der Waals surface area contributed by atoms with Gasteiger partial charge in [0.2, 0.25) is 0 Å². The lowest BCUT2D eigenvalue weighted by atomic mass is 10.0. The lowest BCUT2D eigenvalue weighted by Crippen LogP contribution is -1.97. The van der Waals surface area contributed by atoms with E-state index in [0.29, 0.717) is 16.5 Å². The smallest absolute Gasteiger partial charge is 0.123 e. The number of hydrogen-bond acceptors (Lipinski definition) is 0. The molecule has 18 heavy (non-hydrogen) atoms. The van der Waals surface area contributed by atoms with Crippen LogP contribution in [-0.2, 0) is 6.42 Å². The molecule has 0 bridgehead atoms. The highest BCUT2D eigenvalue weighted by Gasteiger charge is 2.13. The molecule has 0 nitrogen and oxygen atoms in total. The Morgan fingerprint density at radius 3 is 2.28 bits per heavy atom. The van der Waals surface area contributed by atoms with Crippen LogP contribution in [0.4, 0.5) is 4.39 Å². The maximum atomic E-state index is 12.8. The van der Waals surface area contributed by atoms with Crippen LogP contribution in [0, 0.1) is 5.82 Å². The van der Waals surface area contributed by atoms with E-state index in [0.717, 1.165) is 11.1 Å². The van der Waals surface area contributed by atoms with Crippen molar-refractivity contribution in [1.82, 2.24) is 0 Å². The van der Waals surface area contributed by atoms with Crippen LogP contribution < -0.4 is 0 Å². The molecular weight excluding hydrogens is 294 g/mol. The minimum Gasteiger partial charge on any atom is -0.207 e. The summed E-state index contributed by atoms with van der Waals surface area (Å²) in [6, 6.07) is 11.5. The predicted octanol–water partition coefficient (Wildman–Crippen LogP) is 5.66. The molecule has 0 amide bonds. The normalized spacial score (nSPS) is 12.4. The van der Waals surface area contributed by atoms with E-state index in [-0.39, 0.29) is 11.2 Å². The van der Waals surface area contributed by atoms with Crippen molar-refractivity contribution >= 4 is 34.8 Å². The summed E-state index contributed by atoms with van der Waals surface area (Å²) in [5.41, 5.74) is 1.79. The van der Waals surface area contributed by atoms with Gasteiger partial charge in [-0.1, -0.05) is 41.4 Å². The van der Waals surface area contributed by atoms with Crippen molar-refractivity contribution in [2.45, 2.75) is 11.8 Å². The predicted molar refractivity (Wildman–Crippen MR) is 75.2 cm³/mol. The third kappa shape index (κ3) is 3.38. The number of alkyl halides is 1. The largest absolute Gasteiger partial charge is 0.207 e. The summed E-state index contributed by atoms with van der Waals surface area (Å²) in [4.78, 5) is 0. The van der Waals surface area contributed by atoms with E-state index in [4.69, 9.17) is 34.8 Å². The Kier molecular flexibility index (Phi) is 4.50. The number of benzene rings is 2. The van der Waals surface area contributed by atoms with E-state index in [1.807, 2.05) is 6.07 Å². The van der Waals surface area contributed by atoms with Crippen LogP contribution in [0.25, 0.3) is 0 Å². The van der Waals surface area contributed by atoms with Gasteiger partial charge in [-0.25, -0.2) is 4.39 Å². The van der Waals surface area contributed by atoms with E-state index in [9.17, 15) is 4.39 Å². The van der Waals surface area contributed by atoms with Crippen LogP contribution in [0.1, 0.15) is 16.5 Å². The molecule has 0 aromatic heterocycles. The SMILES string of the molecule is Fc1ccc(CC(Cl)c2ccc(Cl)cc2Cl)cc1. The minimum atomic E-state index is -0.264. The molecular formula is C14H10Cl3F. The Labute approximate surface area is 120 Å². The molecule has 0 saturated carbocycles. The molecule has 94 valence electrons. The molecule has 2 rings (SSSR count). The van der Waals surface area contributed by atoms with Crippen molar-refractivity contribution in [1.29, 1.82) is 0 Å². The zero-order valence-corrected chi connectivity index (χ0v) is 11.6. The highest BCUT2D eigenvalue weighted by molar-refractivity contribution is 6.35. The van der Waals surface area contributed by atoms with Gasteiger partial charge in [-0.05, 0) is 41.8 Å². The van der Waals surface area contributed by atoms with E-state index in [1.165, 1.54) is 12.1 Å². The lowest BCUT2D eigenvalue weighted by Gasteiger charge is -2.12. The van der Waals surface area contributed by atoms with E-state index >= 15 is 0 Å². The number of rotatable bonds is 3. The van der Waals surface area contributed by atoms with Crippen molar-refractivity contribution in [3.05, 3.63) is 69.5 Å². The van der Waals surface area contributed by atoms with Gasteiger partial charge in [0.25, 0.3) is 0 Å². The first kappa shape index (κ1) is 13.7. The molecule has 0 aliphatic rings. The Morgan fingerprint density at radius 1 is 1.00 bits per heavy atom. The Hall–Kier alpha value is -0.760. The molecule has 0 spiro atoms. The molecule has 0 heterocycles. The second-order valence-electron chi connectivity index (χ2n) is 3.96. The van der Waals surface area contributed by atoms with E-state index in [2.05, 4.69) is 0 Å². The molecule has 2 aromatic carbocycles. The van der Waals surface area contributed by atoms with Crippen LogP contribution in [0.3, 0.4) is 0 Å². The summed E-state index contributed by atoms with van der Waals surface area (Å²) in [7, 11) is 0. The van der Waals surface area contributed by atoms with Gasteiger partial charge in [0.15, 0.2) is 0 Å². The van der Waals surface area contributed by atoms with Gasteiger partial charge in [0.1, 0.15) is 5.82 Å². The first-order chi connectivity index (χ1) is 8.56. The number of hydrogen-bond donors (Lipinski definition) is 0. The van der Waals surface area contributed by atoms with Gasteiger partial charge in [0.05, 0.1) is 5.38 Å². The second-order valence-corrected chi connectivity index (χ2v) is 5.33. The van der Waals surface area contributed by atoms with Gasteiger partial charge < -0.3 is 0 Å². The van der Waals surface area contributed by atoms with Crippen molar-refractivity contribution in [2.24, 2.45) is 0 Å². The summed E-state index contributed by atoms with van der Waals surface area (Å²) in [6.07, 6.45) is 0.586. The lowest BCUT2D eigenvalue weighted by molar-refractivity contribution is 0.627. The molecule has 4 heteroatoms. The maximum absolute atomic E-state index is 12.8. The third-order valence-electron chi connectivity index (χ3n) is 2.63. The summed E-state index contributed by atoms with van der Waals surface area (Å²) < 4.78 is 12.8. The van der Waals surface area contributed by atoms with Gasteiger partial charge in [0, 0.05) is 10.0 Å². The van der Waals surface area contributed by atoms with Crippen LogP contribution in [0.2, 0.25) is 10.0 Å². The molecule has 0 aliphatic heterocycles. The monoisotopic (exact) mass is 302 g/mol. The summed E-state index contributed by atoms with van der Waals surface area (Å²) in [5.74, 6) is -0.255. The zero-order chi connectivity index (χ0) is 13.1. The molecule has 0 radical (unpaired) electrons.